The Balaban J connectivity index is 2.41. The smallest absolute Gasteiger partial charge is 0.240 e. The van der Waals surface area contributed by atoms with Crippen LogP contribution in [0.25, 0.3) is 0 Å². The molecule has 3 nitrogen and oxygen atoms in total. The third kappa shape index (κ3) is 3.92. The van der Waals surface area contributed by atoms with E-state index in [9.17, 15) is 4.79 Å². The van der Waals surface area contributed by atoms with Gasteiger partial charge in [-0.25, -0.2) is 5.48 Å². The molecule has 0 radical (unpaired) electrons. The van der Waals surface area contributed by atoms with Gasteiger partial charge in [-0.15, -0.1) is 0 Å². The van der Waals surface area contributed by atoms with Crippen LogP contribution in [-0.4, -0.2) is 5.91 Å². The number of benzene rings is 1. The summed E-state index contributed by atoms with van der Waals surface area (Å²) in [5, 5.41) is 0.656. The average molecular weight is 200 g/mol. The minimum atomic E-state index is -0.220. The SMILES string of the molecule is CC(=O)NOCc1cccc(Cl)c1. The third-order valence-electron chi connectivity index (χ3n) is 1.34. The molecule has 0 spiro atoms. The van der Waals surface area contributed by atoms with Gasteiger partial charge in [0.15, 0.2) is 0 Å². The maximum atomic E-state index is 10.4. The summed E-state index contributed by atoms with van der Waals surface area (Å²) < 4.78 is 0. The fraction of sp³-hybridized carbons (Fsp3) is 0.222. The zero-order chi connectivity index (χ0) is 9.68. The van der Waals surface area contributed by atoms with Gasteiger partial charge < -0.3 is 0 Å². The van der Waals surface area contributed by atoms with Crippen LogP contribution in [0.5, 0.6) is 0 Å². The number of hydrogen-bond donors (Lipinski definition) is 1. The van der Waals surface area contributed by atoms with Gasteiger partial charge in [0.05, 0.1) is 6.61 Å². The highest BCUT2D eigenvalue weighted by atomic mass is 35.5. The van der Waals surface area contributed by atoms with Crippen LogP contribution in [0, 0.1) is 0 Å². The van der Waals surface area contributed by atoms with Crippen molar-refractivity contribution in [3.63, 3.8) is 0 Å². The lowest BCUT2D eigenvalue weighted by Gasteiger charge is -2.03. The van der Waals surface area contributed by atoms with E-state index >= 15 is 0 Å². The lowest BCUT2D eigenvalue weighted by molar-refractivity contribution is -0.132. The molecule has 1 N–H and O–H groups in total. The molecule has 70 valence electrons. The van der Waals surface area contributed by atoms with Crippen LogP contribution >= 0.6 is 11.6 Å². The number of amides is 1. The maximum absolute atomic E-state index is 10.4. The van der Waals surface area contributed by atoms with E-state index in [0.717, 1.165) is 5.56 Å². The lowest BCUT2D eigenvalue weighted by Crippen LogP contribution is -2.19. The molecule has 0 aliphatic heterocycles. The summed E-state index contributed by atoms with van der Waals surface area (Å²) in [6.45, 7) is 1.71. The highest BCUT2D eigenvalue weighted by Gasteiger charge is 1.95. The van der Waals surface area contributed by atoms with Crippen molar-refractivity contribution in [2.45, 2.75) is 13.5 Å². The van der Waals surface area contributed by atoms with Crippen molar-refractivity contribution in [2.75, 3.05) is 0 Å². The standard InChI is InChI=1S/C9H10ClNO2/c1-7(12)11-13-6-8-3-2-4-9(10)5-8/h2-5H,6H2,1H3,(H,11,12). The van der Waals surface area contributed by atoms with Crippen LogP contribution in [0.1, 0.15) is 12.5 Å². The monoisotopic (exact) mass is 199 g/mol. The van der Waals surface area contributed by atoms with Crippen molar-refractivity contribution in [1.82, 2.24) is 5.48 Å². The summed E-state index contributed by atoms with van der Waals surface area (Å²) in [5.74, 6) is -0.220. The molecule has 0 fully saturated rings. The summed E-state index contributed by atoms with van der Waals surface area (Å²) >= 11 is 5.74. The number of rotatable bonds is 3. The quantitative estimate of drug-likeness (QED) is 0.756. The molecule has 0 bridgehead atoms. The second kappa shape index (κ2) is 4.84. The number of nitrogens with one attached hydrogen (secondary N) is 1. The Kier molecular flexibility index (Phi) is 3.73. The van der Waals surface area contributed by atoms with Crippen molar-refractivity contribution >= 4 is 17.5 Å². The first kappa shape index (κ1) is 10.0. The number of hydroxylamine groups is 1. The summed E-state index contributed by atoms with van der Waals surface area (Å²) in [7, 11) is 0. The predicted octanol–water partition coefficient (Wildman–Crippen LogP) is 1.91. The molecule has 1 aromatic rings. The van der Waals surface area contributed by atoms with Crippen molar-refractivity contribution in [3.05, 3.63) is 34.9 Å². The van der Waals surface area contributed by atoms with Crippen LogP contribution in [0.2, 0.25) is 5.02 Å². The largest absolute Gasteiger partial charge is 0.273 e. The number of halogens is 1. The molecular weight excluding hydrogens is 190 g/mol. The van der Waals surface area contributed by atoms with Crippen molar-refractivity contribution in [2.24, 2.45) is 0 Å². The first-order valence-corrected chi connectivity index (χ1v) is 4.19. The molecule has 1 rings (SSSR count). The van der Waals surface area contributed by atoms with E-state index in [0.29, 0.717) is 11.6 Å². The van der Waals surface area contributed by atoms with Crippen molar-refractivity contribution in [1.29, 1.82) is 0 Å². The van der Waals surface area contributed by atoms with Gasteiger partial charge in [0.2, 0.25) is 5.91 Å². The van der Waals surface area contributed by atoms with E-state index in [-0.39, 0.29) is 5.91 Å². The Morgan fingerprint density at radius 2 is 2.38 bits per heavy atom. The summed E-state index contributed by atoms with van der Waals surface area (Å²) in [5.41, 5.74) is 3.15. The second-order valence-electron chi connectivity index (χ2n) is 2.58. The Morgan fingerprint density at radius 1 is 1.62 bits per heavy atom. The molecule has 0 unspecified atom stereocenters. The molecular formula is C9H10ClNO2. The van der Waals surface area contributed by atoms with E-state index in [1.54, 1.807) is 12.1 Å². The molecule has 0 aliphatic carbocycles. The fourth-order valence-corrected chi connectivity index (χ4v) is 1.06. The van der Waals surface area contributed by atoms with Crippen LogP contribution in [0.3, 0.4) is 0 Å². The minimum Gasteiger partial charge on any atom is -0.273 e. The average Bonchev–Trinajstić information content (AvgIpc) is 2.03. The van der Waals surface area contributed by atoms with Crippen LogP contribution in [0.15, 0.2) is 24.3 Å². The van der Waals surface area contributed by atoms with Crippen LogP contribution in [-0.2, 0) is 16.2 Å². The number of carbonyl (C=O) groups is 1. The number of carbonyl (C=O) groups excluding carboxylic acids is 1. The highest BCUT2D eigenvalue weighted by molar-refractivity contribution is 6.30. The molecule has 4 heteroatoms. The Hall–Kier alpha value is -1.06. The zero-order valence-corrected chi connectivity index (χ0v) is 7.97. The van der Waals surface area contributed by atoms with Gasteiger partial charge in [-0.2, -0.15) is 0 Å². The molecule has 1 aromatic carbocycles. The third-order valence-corrected chi connectivity index (χ3v) is 1.58. The maximum Gasteiger partial charge on any atom is 0.240 e. The molecule has 0 atom stereocenters. The van der Waals surface area contributed by atoms with Crippen LogP contribution < -0.4 is 5.48 Å². The normalized spacial score (nSPS) is 9.69. The zero-order valence-electron chi connectivity index (χ0n) is 7.21. The van der Waals surface area contributed by atoms with Gasteiger partial charge in [0.1, 0.15) is 0 Å². The van der Waals surface area contributed by atoms with Gasteiger partial charge in [-0.05, 0) is 17.7 Å². The van der Waals surface area contributed by atoms with Gasteiger partial charge in [-0.1, -0.05) is 23.7 Å². The van der Waals surface area contributed by atoms with Crippen LogP contribution in [0.4, 0.5) is 0 Å². The lowest BCUT2D eigenvalue weighted by atomic mass is 10.2. The molecule has 0 saturated heterocycles. The van der Waals surface area contributed by atoms with Gasteiger partial charge in [0.25, 0.3) is 0 Å². The van der Waals surface area contributed by atoms with E-state index in [2.05, 4.69) is 5.48 Å². The second-order valence-corrected chi connectivity index (χ2v) is 3.01. The number of hydrogen-bond acceptors (Lipinski definition) is 2. The highest BCUT2D eigenvalue weighted by Crippen LogP contribution is 2.10. The Morgan fingerprint density at radius 3 is 3.00 bits per heavy atom. The summed E-state index contributed by atoms with van der Waals surface area (Å²) in [4.78, 5) is 15.3. The van der Waals surface area contributed by atoms with Gasteiger partial charge in [0, 0.05) is 11.9 Å². The molecule has 0 heterocycles. The first-order chi connectivity index (χ1) is 6.18. The fourth-order valence-electron chi connectivity index (χ4n) is 0.848. The summed E-state index contributed by atoms with van der Waals surface area (Å²) in [6.07, 6.45) is 0. The Labute approximate surface area is 81.6 Å². The van der Waals surface area contributed by atoms with Crippen molar-refractivity contribution in [3.8, 4) is 0 Å². The molecule has 0 aromatic heterocycles. The molecule has 1 amide bonds. The predicted molar refractivity (Wildman–Crippen MR) is 50.1 cm³/mol. The van der Waals surface area contributed by atoms with E-state index in [1.165, 1.54) is 6.92 Å². The van der Waals surface area contributed by atoms with E-state index in [1.807, 2.05) is 12.1 Å². The summed E-state index contributed by atoms with van der Waals surface area (Å²) in [6, 6.07) is 7.26. The molecule has 0 aliphatic rings. The minimum absolute atomic E-state index is 0.220. The van der Waals surface area contributed by atoms with Gasteiger partial charge >= 0.3 is 0 Å². The topological polar surface area (TPSA) is 38.3 Å². The molecule has 13 heavy (non-hydrogen) atoms. The van der Waals surface area contributed by atoms with E-state index in [4.69, 9.17) is 16.4 Å². The Bertz CT molecular complexity index is 301. The molecule has 0 saturated carbocycles. The van der Waals surface area contributed by atoms with E-state index < -0.39 is 0 Å². The first-order valence-electron chi connectivity index (χ1n) is 3.81. The van der Waals surface area contributed by atoms with Crippen molar-refractivity contribution < 1.29 is 9.63 Å². The van der Waals surface area contributed by atoms with Gasteiger partial charge in [-0.3, -0.25) is 9.63 Å².